The van der Waals surface area contributed by atoms with E-state index in [0.29, 0.717) is 25.4 Å². The van der Waals surface area contributed by atoms with Crippen molar-refractivity contribution in [1.29, 1.82) is 0 Å². The van der Waals surface area contributed by atoms with E-state index in [1.165, 1.54) is 13.2 Å². The lowest BCUT2D eigenvalue weighted by molar-refractivity contribution is -0.132. The van der Waals surface area contributed by atoms with Crippen LogP contribution in [0.2, 0.25) is 0 Å². The summed E-state index contributed by atoms with van der Waals surface area (Å²) in [4.78, 5) is 16.5. The highest BCUT2D eigenvalue weighted by molar-refractivity contribution is 5.85. The molecule has 1 aromatic carbocycles. The Balaban J connectivity index is 0.00000169. The molecule has 2 aliphatic heterocycles. The van der Waals surface area contributed by atoms with E-state index >= 15 is 0 Å². The van der Waals surface area contributed by atoms with Gasteiger partial charge in [-0.2, -0.15) is 0 Å². The zero-order valence-electron chi connectivity index (χ0n) is 15.1. The summed E-state index contributed by atoms with van der Waals surface area (Å²) >= 11 is 0. The van der Waals surface area contributed by atoms with Crippen molar-refractivity contribution >= 4 is 36.4 Å². The minimum atomic E-state index is -0.348. The number of hydrogen-bond donors (Lipinski definition) is 1. The first-order chi connectivity index (χ1) is 11.7. The summed E-state index contributed by atoms with van der Waals surface area (Å²) in [7, 11) is 1.46. The van der Waals surface area contributed by atoms with Crippen LogP contribution in [-0.4, -0.2) is 57.2 Å². The summed E-state index contributed by atoms with van der Waals surface area (Å²) in [6.07, 6.45) is 2.85. The number of carbonyl (C=O) groups excluding carboxylic acids is 1. The maximum Gasteiger partial charge on any atom is 0.222 e. The third-order valence-corrected chi connectivity index (χ3v) is 5.05. The Kier molecular flexibility index (Phi) is 9.47. The molecule has 0 aromatic heterocycles. The number of hydrogen-bond acceptors (Lipinski definition) is 4. The highest BCUT2D eigenvalue weighted by atomic mass is 35.5. The van der Waals surface area contributed by atoms with Gasteiger partial charge < -0.3 is 19.9 Å². The molecule has 2 aliphatic rings. The fourth-order valence-electron chi connectivity index (χ4n) is 3.53. The van der Waals surface area contributed by atoms with Crippen molar-refractivity contribution in [3.8, 4) is 5.75 Å². The molecule has 0 saturated carbocycles. The molecule has 1 N–H and O–H groups in total. The van der Waals surface area contributed by atoms with Crippen LogP contribution < -0.4 is 15.0 Å². The van der Waals surface area contributed by atoms with Crippen LogP contribution >= 0.6 is 24.8 Å². The van der Waals surface area contributed by atoms with Gasteiger partial charge in [0.1, 0.15) is 0 Å². The molecular weight excluding hydrogens is 380 g/mol. The van der Waals surface area contributed by atoms with Gasteiger partial charge in [-0.25, -0.2) is 4.39 Å². The minimum absolute atomic E-state index is 0. The topological polar surface area (TPSA) is 44.8 Å². The number of piperidine rings is 1. The molecule has 0 spiro atoms. The number of nitrogens with one attached hydrogen (secondary N) is 1. The summed E-state index contributed by atoms with van der Waals surface area (Å²) in [5.41, 5.74) is 0.846. The van der Waals surface area contributed by atoms with E-state index in [2.05, 4.69) is 10.2 Å². The van der Waals surface area contributed by atoms with Crippen molar-refractivity contribution < 1.29 is 13.9 Å². The second-order valence-electron chi connectivity index (χ2n) is 6.58. The smallest absolute Gasteiger partial charge is 0.222 e. The molecule has 26 heavy (non-hydrogen) atoms. The Morgan fingerprint density at radius 2 is 1.85 bits per heavy atom. The van der Waals surface area contributed by atoms with Crippen molar-refractivity contribution in [2.45, 2.75) is 19.3 Å². The van der Waals surface area contributed by atoms with E-state index < -0.39 is 0 Å². The summed E-state index contributed by atoms with van der Waals surface area (Å²) in [5, 5.41) is 3.33. The van der Waals surface area contributed by atoms with Gasteiger partial charge in [-0.1, -0.05) is 0 Å². The zero-order valence-corrected chi connectivity index (χ0v) is 16.7. The first-order valence-corrected chi connectivity index (χ1v) is 8.74. The zero-order chi connectivity index (χ0) is 16.9. The van der Waals surface area contributed by atoms with Crippen LogP contribution in [0, 0.1) is 11.7 Å². The van der Waals surface area contributed by atoms with Gasteiger partial charge in [-0.15, -0.1) is 24.8 Å². The van der Waals surface area contributed by atoms with E-state index in [1.807, 2.05) is 11.0 Å². The van der Waals surface area contributed by atoms with Crippen LogP contribution in [0.4, 0.5) is 10.1 Å². The lowest BCUT2D eigenvalue weighted by atomic mass is 9.94. The van der Waals surface area contributed by atoms with E-state index in [1.54, 1.807) is 6.07 Å². The molecule has 0 bridgehead atoms. The van der Waals surface area contributed by atoms with Crippen LogP contribution in [0.15, 0.2) is 18.2 Å². The van der Waals surface area contributed by atoms with Crippen LogP contribution in [0.5, 0.6) is 5.75 Å². The summed E-state index contributed by atoms with van der Waals surface area (Å²) in [6, 6.07) is 5.03. The first kappa shape index (κ1) is 22.8. The average molecular weight is 408 g/mol. The van der Waals surface area contributed by atoms with Gasteiger partial charge in [-0.3, -0.25) is 4.79 Å². The normalized spacial score (nSPS) is 17.9. The second kappa shape index (κ2) is 10.8. The summed E-state index contributed by atoms with van der Waals surface area (Å²) < 4.78 is 18.8. The molecule has 2 fully saturated rings. The maximum atomic E-state index is 13.8. The van der Waals surface area contributed by atoms with Gasteiger partial charge in [0.2, 0.25) is 5.91 Å². The molecule has 1 amide bonds. The maximum absolute atomic E-state index is 13.8. The molecular formula is C18H28Cl2FN3O2. The monoisotopic (exact) mass is 407 g/mol. The Morgan fingerprint density at radius 3 is 2.42 bits per heavy atom. The fourth-order valence-corrected chi connectivity index (χ4v) is 3.53. The minimum Gasteiger partial charge on any atom is -0.494 e. The number of nitrogens with zero attached hydrogens (tertiary/aromatic N) is 2. The molecule has 0 unspecified atom stereocenters. The Hall–Kier alpha value is -1.24. The number of benzene rings is 1. The molecule has 3 rings (SSSR count). The molecule has 8 heteroatoms. The highest BCUT2D eigenvalue weighted by Gasteiger charge is 2.24. The first-order valence-electron chi connectivity index (χ1n) is 8.74. The molecule has 1 aromatic rings. The predicted octanol–water partition coefficient (Wildman–Crippen LogP) is 2.72. The fraction of sp³-hybridized carbons (Fsp3) is 0.611. The van der Waals surface area contributed by atoms with Gasteiger partial charge in [0, 0.05) is 44.4 Å². The van der Waals surface area contributed by atoms with Crippen molar-refractivity contribution in [2.75, 3.05) is 51.3 Å². The number of rotatable bonds is 4. The predicted molar refractivity (Wildman–Crippen MR) is 106 cm³/mol. The number of anilines is 1. The molecule has 0 aliphatic carbocycles. The Morgan fingerprint density at radius 1 is 1.19 bits per heavy atom. The lowest BCUT2D eigenvalue weighted by Gasteiger charge is -2.37. The lowest BCUT2D eigenvalue weighted by Crippen LogP contribution is -2.49. The Bertz CT molecular complexity index is 578. The number of methoxy groups -OCH3 is 1. The Labute approximate surface area is 167 Å². The van der Waals surface area contributed by atoms with E-state index in [9.17, 15) is 9.18 Å². The van der Waals surface area contributed by atoms with E-state index in [-0.39, 0.29) is 42.3 Å². The third kappa shape index (κ3) is 5.63. The van der Waals surface area contributed by atoms with Crippen LogP contribution in [0.25, 0.3) is 0 Å². The second-order valence-corrected chi connectivity index (χ2v) is 6.58. The number of amides is 1. The summed E-state index contributed by atoms with van der Waals surface area (Å²) in [5.74, 6) is 0.698. The van der Waals surface area contributed by atoms with Crippen LogP contribution in [0.1, 0.15) is 19.3 Å². The molecule has 0 radical (unpaired) electrons. The standard InChI is InChI=1S/C18H26FN3O2.2ClH/c1-24-17-3-2-15(13-16(17)19)21-8-10-22(11-9-21)18(23)12-14-4-6-20-7-5-14;;/h2-3,13-14,20H,4-12H2,1H3;2*1H. The van der Waals surface area contributed by atoms with Gasteiger partial charge in [-0.05, 0) is 44.0 Å². The van der Waals surface area contributed by atoms with Crippen molar-refractivity contribution in [3.05, 3.63) is 24.0 Å². The van der Waals surface area contributed by atoms with Crippen molar-refractivity contribution in [2.24, 2.45) is 5.92 Å². The number of carbonyl (C=O) groups is 1. The molecule has 0 atom stereocenters. The van der Waals surface area contributed by atoms with Crippen molar-refractivity contribution in [1.82, 2.24) is 10.2 Å². The SMILES string of the molecule is COc1ccc(N2CCN(C(=O)CC3CCNCC3)CC2)cc1F.Cl.Cl. The molecule has 5 nitrogen and oxygen atoms in total. The largest absolute Gasteiger partial charge is 0.494 e. The highest BCUT2D eigenvalue weighted by Crippen LogP contribution is 2.25. The van der Waals surface area contributed by atoms with Gasteiger partial charge in [0.25, 0.3) is 0 Å². The van der Waals surface area contributed by atoms with E-state index in [0.717, 1.165) is 44.7 Å². The molecule has 148 valence electrons. The number of ether oxygens (including phenoxy) is 1. The number of piperazine rings is 1. The van der Waals surface area contributed by atoms with Crippen LogP contribution in [-0.2, 0) is 4.79 Å². The quantitative estimate of drug-likeness (QED) is 0.832. The van der Waals surface area contributed by atoms with Crippen LogP contribution in [0.3, 0.4) is 0 Å². The van der Waals surface area contributed by atoms with Gasteiger partial charge in [0.15, 0.2) is 11.6 Å². The third-order valence-electron chi connectivity index (χ3n) is 5.05. The molecule has 2 saturated heterocycles. The van der Waals surface area contributed by atoms with Crippen molar-refractivity contribution in [3.63, 3.8) is 0 Å². The molecule has 2 heterocycles. The average Bonchev–Trinajstić information content (AvgIpc) is 2.62. The summed E-state index contributed by atoms with van der Waals surface area (Å²) in [6.45, 7) is 4.94. The van der Waals surface area contributed by atoms with E-state index in [4.69, 9.17) is 4.74 Å². The number of halogens is 3. The van der Waals surface area contributed by atoms with Gasteiger partial charge >= 0.3 is 0 Å². The van der Waals surface area contributed by atoms with Gasteiger partial charge in [0.05, 0.1) is 7.11 Å².